The van der Waals surface area contributed by atoms with Gasteiger partial charge in [0.15, 0.2) is 6.29 Å². The first kappa shape index (κ1) is 43.8. The van der Waals surface area contributed by atoms with Gasteiger partial charge in [-0.25, -0.2) is 0 Å². The highest BCUT2D eigenvalue weighted by atomic mass is 16.7. The summed E-state index contributed by atoms with van der Waals surface area (Å²) in [7, 11) is 0. The number of hydrogen-bond acceptors (Lipinski definition) is 15. The minimum absolute atomic E-state index is 0.0661. The predicted octanol–water partition coefficient (Wildman–Crippen LogP) is 0.260. The lowest BCUT2D eigenvalue weighted by atomic mass is 9.33. The van der Waals surface area contributed by atoms with E-state index in [4.69, 9.17) is 18.9 Å². The van der Waals surface area contributed by atoms with Crippen molar-refractivity contribution >= 4 is 5.97 Å². The zero-order valence-electron chi connectivity index (χ0n) is 34.2. The first-order valence-electron chi connectivity index (χ1n) is 21.1. The van der Waals surface area contributed by atoms with Gasteiger partial charge in [-0.15, -0.1) is 0 Å². The maximum atomic E-state index is 14.6. The summed E-state index contributed by atoms with van der Waals surface area (Å²) in [5, 5.41) is 106. The highest BCUT2D eigenvalue weighted by Gasteiger charge is 2.71. The molecule has 10 N–H and O–H groups in total. The number of aliphatic hydroxyl groups is 10. The Morgan fingerprint density at radius 1 is 0.719 bits per heavy atom. The Balaban J connectivity index is 1.19. The smallest absolute Gasteiger partial charge is 0.315 e. The zero-order valence-corrected chi connectivity index (χ0v) is 34.2. The van der Waals surface area contributed by atoms with E-state index in [0.29, 0.717) is 38.5 Å². The zero-order chi connectivity index (χ0) is 41.8. The molecule has 2 heterocycles. The minimum atomic E-state index is -1.70. The van der Waals surface area contributed by atoms with Crippen molar-refractivity contribution in [3.63, 3.8) is 0 Å². The summed E-state index contributed by atoms with van der Waals surface area (Å²) >= 11 is 0. The van der Waals surface area contributed by atoms with Crippen LogP contribution in [0, 0.1) is 50.2 Å². The third kappa shape index (κ3) is 6.43. The number of hydrogen-bond donors (Lipinski definition) is 10. The number of fused-ring (bicyclic) bond motifs is 7. The van der Waals surface area contributed by atoms with Crippen molar-refractivity contribution in [3.05, 3.63) is 11.6 Å². The third-order valence-electron chi connectivity index (χ3n) is 17.3. The summed E-state index contributed by atoms with van der Waals surface area (Å²) in [5.41, 5.74) is -1.89. The molecule has 20 atom stereocenters. The van der Waals surface area contributed by atoms with Gasteiger partial charge in [0.2, 0.25) is 6.29 Å². The van der Waals surface area contributed by atoms with Crippen molar-refractivity contribution < 1.29 is 74.8 Å². The topological polar surface area (TPSA) is 256 Å². The third-order valence-corrected chi connectivity index (χ3v) is 17.3. The maximum Gasteiger partial charge on any atom is 0.315 e. The van der Waals surface area contributed by atoms with Crippen LogP contribution < -0.4 is 0 Å². The minimum Gasteiger partial charge on any atom is -0.432 e. The molecule has 0 aromatic heterocycles. The van der Waals surface area contributed by atoms with Gasteiger partial charge in [-0.1, -0.05) is 53.2 Å². The molecule has 2 aliphatic heterocycles. The summed E-state index contributed by atoms with van der Waals surface area (Å²) < 4.78 is 23.6. The van der Waals surface area contributed by atoms with Crippen LogP contribution in [0.5, 0.6) is 0 Å². The molecule has 0 amide bonds. The molecule has 5 aliphatic carbocycles. The van der Waals surface area contributed by atoms with E-state index in [1.807, 2.05) is 6.92 Å². The van der Waals surface area contributed by atoms with E-state index in [-0.39, 0.29) is 40.6 Å². The van der Waals surface area contributed by atoms with Gasteiger partial charge in [0.25, 0.3) is 0 Å². The Bertz CT molecular complexity index is 1540. The van der Waals surface area contributed by atoms with E-state index in [1.165, 1.54) is 5.57 Å². The van der Waals surface area contributed by atoms with Crippen LogP contribution in [0.2, 0.25) is 0 Å². The summed E-state index contributed by atoms with van der Waals surface area (Å²) in [6, 6.07) is 0. The molecule has 0 spiro atoms. The molecule has 12 unspecified atom stereocenters. The highest BCUT2D eigenvalue weighted by molar-refractivity contribution is 5.79. The SMILES string of the molecule is CC1(C)CC[C@]2(C(=O)OC3OC(CO)C(O)C(O)C3O)CC[C@]3(C)C(=CC[C@@H]4[C@@]5(C)CC(O)C(OC6OC(CO)C(O)C(O)C6O)[C@@](C)(CO)[C@@H]5CC[C@]43C)[C@@H]2C1. The lowest BCUT2D eigenvalue weighted by molar-refractivity contribution is -0.345. The van der Waals surface area contributed by atoms with Gasteiger partial charge in [-0.3, -0.25) is 4.79 Å². The molecule has 7 aliphatic rings. The number of rotatable bonds is 7. The van der Waals surface area contributed by atoms with E-state index >= 15 is 0 Å². The molecular weight excluding hydrogens is 744 g/mol. The fourth-order valence-electron chi connectivity index (χ4n) is 13.7. The second-order valence-electron chi connectivity index (χ2n) is 20.7. The van der Waals surface area contributed by atoms with Gasteiger partial charge >= 0.3 is 5.97 Å². The van der Waals surface area contributed by atoms with E-state index < -0.39 is 109 Å². The van der Waals surface area contributed by atoms with Crippen LogP contribution in [0.3, 0.4) is 0 Å². The molecule has 0 aromatic rings. The quantitative estimate of drug-likeness (QED) is 0.0940. The fraction of sp³-hybridized carbons (Fsp3) is 0.929. The van der Waals surface area contributed by atoms with Crippen LogP contribution in [-0.4, -0.2) is 150 Å². The largest absolute Gasteiger partial charge is 0.432 e. The van der Waals surface area contributed by atoms with Gasteiger partial charge in [0, 0.05) is 5.41 Å². The van der Waals surface area contributed by atoms with Gasteiger partial charge in [-0.05, 0) is 97.2 Å². The molecular formula is C42H68O15. The van der Waals surface area contributed by atoms with E-state index in [2.05, 4.69) is 40.7 Å². The summed E-state index contributed by atoms with van der Waals surface area (Å²) in [6.45, 7) is 11.6. The number of ether oxygens (including phenoxy) is 4. The van der Waals surface area contributed by atoms with Crippen molar-refractivity contribution in [3.8, 4) is 0 Å². The molecule has 0 aromatic carbocycles. The van der Waals surface area contributed by atoms with Gasteiger partial charge in [0.05, 0.1) is 37.4 Å². The number of allylic oxidation sites excluding steroid dienone is 2. The van der Waals surface area contributed by atoms with Crippen LogP contribution in [0.15, 0.2) is 11.6 Å². The second-order valence-corrected chi connectivity index (χ2v) is 20.7. The fourth-order valence-corrected chi connectivity index (χ4v) is 13.7. The Morgan fingerprint density at radius 2 is 1.30 bits per heavy atom. The van der Waals surface area contributed by atoms with Crippen molar-refractivity contribution in [1.29, 1.82) is 0 Å². The Labute approximate surface area is 335 Å². The molecule has 0 bridgehead atoms. The molecule has 0 radical (unpaired) electrons. The van der Waals surface area contributed by atoms with Crippen LogP contribution in [0.4, 0.5) is 0 Å². The first-order valence-corrected chi connectivity index (χ1v) is 21.1. The maximum absolute atomic E-state index is 14.6. The molecule has 326 valence electrons. The molecule has 6 fully saturated rings. The Morgan fingerprint density at radius 3 is 1.89 bits per heavy atom. The second kappa shape index (κ2) is 14.9. The van der Waals surface area contributed by atoms with E-state index in [9.17, 15) is 55.9 Å². The number of carbonyl (C=O) groups is 1. The lowest BCUT2D eigenvalue weighted by Gasteiger charge is -2.72. The van der Waals surface area contributed by atoms with Crippen LogP contribution >= 0.6 is 0 Å². The average Bonchev–Trinajstić information content (AvgIpc) is 3.16. The van der Waals surface area contributed by atoms with Crippen LogP contribution in [0.25, 0.3) is 0 Å². The van der Waals surface area contributed by atoms with E-state index in [1.54, 1.807) is 0 Å². The highest BCUT2D eigenvalue weighted by Crippen LogP contribution is 2.76. The monoisotopic (exact) mass is 812 g/mol. The Hall–Kier alpha value is -1.31. The first-order chi connectivity index (χ1) is 26.6. The van der Waals surface area contributed by atoms with Crippen molar-refractivity contribution in [2.45, 2.75) is 173 Å². The number of esters is 1. The van der Waals surface area contributed by atoms with Gasteiger partial charge < -0.3 is 70.0 Å². The summed E-state index contributed by atoms with van der Waals surface area (Å²) in [5.74, 6) is -0.763. The van der Waals surface area contributed by atoms with Gasteiger partial charge in [0.1, 0.15) is 48.8 Å². The average molecular weight is 813 g/mol. The van der Waals surface area contributed by atoms with Crippen molar-refractivity contribution in [2.24, 2.45) is 50.2 Å². The molecule has 4 saturated carbocycles. The lowest BCUT2D eigenvalue weighted by Crippen LogP contribution is -2.69. The number of carbonyl (C=O) groups excluding carboxylic acids is 1. The molecule has 57 heavy (non-hydrogen) atoms. The van der Waals surface area contributed by atoms with Crippen LogP contribution in [-0.2, 0) is 23.7 Å². The molecule has 2 saturated heterocycles. The molecule has 7 rings (SSSR count). The van der Waals surface area contributed by atoms with Gasteiger partial charge in [-0.2, -0.15) is 0 Å². The van der Waals surface area contributed by atoms with E-state index in [0.717, 1.165) is 19.3 Å². The predicted molar refractivity (Wildman–Crippen MR) is 200 cm³/mol. The van der Waals surface area contributed by atoms with Crippen molar-refractivity contribution in [1.82, 2.24) is 0 Å². The summed E-state index contributed by atoms with van der Waals surface area (Å²) in [4.78, 5) is 14.6. The summed E-state index contributed by atoms with van der Waals surface area (Å²) in [6.07, 6.45) is -9.20. The number of aliphatic hydroxyl groups excluding tert-OH is 10. The normalized spacial score (nSPS) is 54.7. The van der Waals surface area contributed by atoms with Crippen LogP contribution in [0.1, 0.15) is 99.3 Å². The molecule has 15 heteroatoms. The Kier molecular flexibility index (Phi) is 11.5. The van der Waals surface area contributed by atoms with Crippen molar-refractivity contribution in [2.75, 3.05) is 19.8 Å². The standard InChI is InChI=1S/C42H68O15/c1-37(2)11-13-42(36(53)57-35-32(52)30(50)28(48)24(18-44)55-35)14-12-40(5)20(21(42)15-37)7-8-26-38(3)16-22(46)33(39(4,19-45)25(38)9-10-41(26,40)6)56-34-31(51)29(49)27(47)23(17-43)54-34/h7,21-35,43-52H,8-19H2,1-6H3/t21-,22?,23?,24?,25+,26+,27?,28?,29?,30?,31?,32?,33?,34?,35?,38-,39-,40+,41+,42-/m0/s1. The molecule has 15 nitrogen and oxygen atoms in total.